The van der Waals surface area contributed by atoms with E-state index in [4.69, 9.17) is 15.2 Å². The maximum absolute atomic E-state index is 11.9. The van der Waals surface area contributed by atoms with Crippen molar-refractivity contribution in [2.45, 2.75) is 6.92 Å². The van der Waals surface area contributed by atoms with Gasteiger partial charge in [0.25, 0.3) is 0 Å². The summed E-state index contributed by atoms with van der Waals surface area (Å²) in [7, 11) is 3.42. The Kier molecular flexibility index (Phi) is 6.83. The number of hydrogen-bond donors (Lipinski definition) is 2. The third-order valence-electron chi connectivity index (χ3n) is 2.73. The number of likely N-dealkylation sites (N-methyl/N-ethyl adjacent to an activating group) is 1. The zero-order valence-electron chi connectivity index (χ0n) is 12.3. The van der Waals surface area contributed by atoms with Crippen LogP contribution in [-0.2, 0) is 9.53 Å². The van der Waals surface area contributed by atoms with Crippen molar-refractivity contribution in [2.24, 2.45) is 0 Å². The van der Waals surface area contributed by atoms with Gasteiger partial charge < -0.3 is 20.5 Å². The lowest BCUT2D eigenvalue weighted by molar-refractivity contribution is -0.117. The smallest absolute Gasteiger partial charge is 0.238 e. The molecule has 1 aromatic rings. The molecule has 0 aliphatic heterocycles. The molecule has 0 atom stereocenters. The van der Waals surface area contributed by atoms with Gasteiger partial charge in [-0.05, 0) is 32.2 Å². The number of hydrogen-bond acceptors (Lipinski definition) is 5. The number of rotatable bonds is 8. The van der Waals surface area contributed by atoms with Gasteiger partial charge in [0, 0.05) is 18.8 Å². The van der Waals surface area contributed by atoms with E-state index >= 15 is 0 Å². The highest BCUT2D eigenvalue weighted by molar-refractivity contribution is 5.94. The Bertz CT molecular complexity index is 438. The summed E-state index contributed by atoms with van der Waals surface area (Å²) in [5, 5.41) is 2.80. The quantitative estimate of drug-likeness (QED) is 0.553. The molecule has 0 spiro atoms. The summed E-state index contributed by atoms with van der Waals surface area (Å²) in [5.74, 6) is 0.470. The fourth-order valence-corrected chi connectivity index (χ4v) is 1.70. The third-order valence-corrected chi connectivity index (χ3v) is 2.73. The van der Waals surface area contributed by atoms with Crippen molar-refractivity contribution in [3.63, 3.8) is 0 Å². The van der Waals surface area contributed by atoms with E-state index in [1.807, 2.05) is 18.9 Å². The van der Waals surface area contributed by atoms with E-state index in [1.54, 1.807) is 25.3 Å². The Morgan fingerprint density at radius 3 is 2.85 bits per heavy atom. The van der Waals surface area contributed by atoms with Crippen LogP contribution in [0.2, 0.25) is 0 Å². The van der Waals surface area contributed by atoms with Crippen molar-refractivity contribution in [1.29, 1.82) is 0 Å². The molecule has 0 radical (unpaired) electrons. The molecule has 1 aromatic carbocycles. The number of nitrogens with one attached hydrogen (secondary N) is 1. The second-order valence-electron chi connectivity index (χ2n) is 4.44. The second-order valence-corrected chi connectivity index (χ2v) is 4.44. The minimum atomic E-state index is -0.118. The number of nitrogens with zero attached hydrogens (tertiary/aromatic N) is 1. The number of ether oxygens (including phenoxy) is 2. The predicted molar refractivity (Wildman–Crippen MR) is 80.0 cm³/mol. The SMILES string of the molecule is CCOCCN(C)CC(=O)Nc1cc(N)ccc1OC. The normalized spacial score (nSPS) is 10.6. The van der Waals surface area contributed by atoms with Gasteiger partial charge in [0.15, 0.2) is 0 Å². The molecule has 0 fully saturated rings. The monoisotopic (exact) mass is 281 g/mol. The molecule has 112 valence electrons. The molecule has 3 N–H and O–H groups in total. The lowest BCUT2D eigenvalue weighted by Crippen LogP contribution is -2.32. The summed E-state index contributed by atoms with van der Waals surface area (Å²) < 4.78 is 10.4. The number of benzene rings is 1. The van der Waals surface area contributed by atoms with Crippen LogP contribution in [0.1, 0.15) is 6.92 Å². The lowest BCUT2D eigenvalue weighted by atomic mass is 10.2. The van der Waals surface area contributed by atoms with Crippen LogP contribution < -0.4 is 15.8 Å². The van der Waals surface area contributed by atoms with E-state index < -0.39 is 0 Å². The average Bonchev–Trinajstić information content (AvgIpc) is 2.39. The van der Waals surface area contributed by atoms with Gasteiger partial charge in [-0.1, -0.05) is 0 Å². The molecule has 0 saturated carbocycles. The van der Waals surface area contributed by atoms with Crippen LogP contribution in [0.4, 0.5) is 11.4 Å². The Morgan fingerprint density at radius 1 is 1.45 bits per heavy atom. The molecular weight excluding hydrogens is 258 g/mol. The van der Waals surface area contributed by atoms with Crippen molar-refractivity contribution in [1.82, 2.24) is 4.90 Å². The standard InChI is InChI=1S/C14H23N3O3/c1-4-20-8-7-17(2)10-14(18)16-12-9-11(15)5-6-13(12)19-3/h5-6,9H,4,7-8,10,15H2,1-3H3,(H,16,18). The molecule has 1 rings (SSSR count). The minimum absolute atomic E-state index is 0.118. The first kappa shape index (κ1) is 16.3. The largest absolute Gasteiger partial charge is 0.495 e. The molecule has 0 heterocycles. The Balaban J connectivity index is 2.51. The third kappa shape index (κ3) is 5.46. The average molecular weight is 281 g/mol. The first-order valence-electron chi connectivity index (χ1n) is 6.56. The molecule has 0 aliphatic rings. The highest BCUT2D eigenvalue weighted by Gasteiger charge is 2.10. The number of anilines is 2. The number of amides is 1. The van der Waals surface area contributed by atoms with Crippen LogP contribution in [0.5, 0.6) is 5.75 Å². The summed E-state index contributed by atoms with van der Waals surface area (Å²) in [4.78, 5) is 13.8. The molecule has 6 nitrogen and oxygen atoms in total. The van der Waals surface area contributed by atoms with Gasteiger partial charge in [-0.2, -0.15) is 0 Å². The summed E-state index contributed by atoms with van der Waals surface area (Å²) >= 11 is 0. The van der Waals surface area contributed by atoms with Crippen molar-refractivity contribution in [3.05, 3.63) is 18.2 Å². The zero-order chi connectivity index (χ0) is 15.0. The van der Waals surface area contributed by atoms with E-state index in [0.29, 0.717) is 36.9 Å². The highest BCUT2D eigenvalue weighted by Crippen LogP contribution is 2.26. The molecule has 20 heavy (non-hydrogen) atoms. The predicted octanol–water partition coefficient (Wildman–Crippen LogP) is 1.18. The fourth-order valence-electron chi connectivity index (χ4n) is 1.70. The number of carbonyl (C=O) groups excluding carboxylic acids is 1. The molecule has 1 amide bonds. The topological polar surface area (TPSA) is 76.8 Å². The van der Waals surface area contributed by atoms with Crippen molar-refractivity contribution >= 4 is 17.3 Å². The number of nitrogen functional groups attached to an aromatic ring is 1. The first-order valence-corrected chi connectivity index (χ1v) is 6.56. The molecule has 0 bridgehead atoms. The van der Waals surface area contributed by atoms with Crippen LogP contribution in [0.15, 0.2) is 18.2 Å². The van der Waals surface area contributed by atoms with Gasteiger partial charge in [0.05, 0.1) is 25.9 Å². The van der Waals surface area contributed by atoms with Crippen LogP contribution in [0.25, 0.3) is 0 Å². The van der Waals surface area contributed by atoms with E-state index in [9.17, 15) is 4.79 Å². The van der Waals surface area contributed by atoms with Crippen molar-refractivity contribution in [3.8, 4) is 5.75 Å². The van der Waals surface area contributed by atoms with Crippen LogP contribution >= 0.6 is 0 Å². The molecule has 6 heteroatoms. The maximum Gasteiger partial charge on any atom is 0.238 e. The number of carbonyl (C=O) groups is 1. The summed E-state index contributed by atoms with van der Waals surface area (Å²) in [5.41, 5.74) is 6.86. The van der Waals surface area contributed by atoms with Crippen LogP contribution in [0, 0.1) is 0 Å². The fraction of sp³-hybridized carbons (Fsp3) is 0.500. The second kappa shape index (κ2) is 8.39. The Hall–Kier alpha value is -1.79. The van der Waals surface area contributed by atoms with Gasteiger partial charge in [0.1, 0.15) is 5.75 Å². The molecule has 0 saturated heterocycles. The Labute approximate surface area is 119 Å². The summed E-state index contributed by atoms with van der Waals surface area (Å²) in [6.45, 7) is 4.22. The van der Waals surface area contributed by atoms with Gasteiger partial charge in [-0.15, -0.1) is 0 Å². The molecule has 0 aliphatic carbocycles. The number of methoxy groups -OCH3 is 1. The molecule has 0 unspecified atom stereocenters. The van der Waals surface area contributed by atoms with Crippen LogP contribution in [-0.4, -0.2) is 51.3 Å². The van der Waals surface area contributed by atoms with E-state index in [1.165, 1.54) is 0 Å². The lowest BCUT2D eigenvalue weighted by Gasteiger charge is -2.17. The Morgan fingerprint density at radius 2 is 2.20 bits per heavy atom. The van der Waals surface area contributed by atoms with Gasteiger partial charge in [-0.3, -0.25) is 9.69 Å². The zero-order valence-corrected chi connectivity index (χ0v) is 12.3. The highest BCUT2D eigenvalue weighted by atomic mass is 16.5. The molecule has 0 aromatic heterocycles. The first-order chi connectivity index (χ1) is 9.56. The number of nitrogens with two attached hydrogens (primary N) is 1. The van der Waals surface area contributed by atoms with E-state index in [-0.39, 0.29) is 12.5 Å². The maximum atomic E-state index is 11.9. The van der Waals surface area contributed by atoms with Gasteiger partial charge in [-0.25, -0.2) is 0 Å². The van der Waals surface area contributed by atoms with Gasteiger partial charge in [0.2, 0.25) is 5.91 Å². The molecular formula is C14H23N3O3. The van der Waals surface area contributed by atoms with Gasteiger partial charge >= 0.3 is 0 Å². The summed E-state index contributed by atoms with van der Waals surface area (Å²) in [6, 6.07) is 5.13. The van der Waals surface area contributed by atoms with Crippen molar-refractivity contribution in [2.75, 3.05) is 51.5 Å². The minimum Gasteiger partial charge on any atom is -0.495 e. The van der Waals surface area contributed by atoms with Crippen molar-refractivity contribution < 1.29 is 14.3 Å². The summed E-state index contributed by atoms with van der Waals surface area (Å²) in [6.07, 6.45) is 0. The van der Waals surface area contributed by atoms with Crippen LogP contribution in [0.3, 0.4) is 0 Å². The van der Waals surface area contributed by atoms with E-state index in [2.05, 4.69) is 5.32 Å². The van der Waals surface area contributed by atoms with E-state index in [0.717, 1.165) is 0 Å².